The van der Waals surface area contributed by atoms with Gasteiger partial charge in [-0.3, -0.25) is 0 Å². The SMILES string of the molecule is CCCOP(P)P. The van der Waals surface area contributed by atoms with E-state index in [0.717, 1.165) is 13.0 Å². The van der Waals surface area contributed by atoms with Gasteiger partial charge in [0, 0.05) is 0 Å². The van der Waals surface area contributed by atoms with E-state index < -0.39 is 0 Å². The molecule has 0 N–H and O–H groups in total. The van der Waals surface area contributed by atoms with Gasteiger partial charge in [-0.25, -0.2) is 0 Å². The van der Waals surface area contributed by atoms with Gasteiger partial charge in [0.15, 0.2) is 0 Å². The molecule has 44 valence electrons. The van der Waals surface area contributed by atoms with E-state index in [1.807, 2.05) is 0 Å². The van der Waals surface area contributed by atoms with Crippen LogP contribution in [-0.4, -0.2) is 6.61 Å². The van der Waals surface area contributed by atoms with Crippen LogP contribution >= 0.6 is 25.4 Å². The molecule has 0 aliphatic carbocycles. The van der Waals surface area contributed by atoms with Crippen LogP contribution in [0.3, 0.4) is 0 Å². The summed E-state index contributed by atoms with van der Waals surface area (Å²) in [5, 5.41) is 0. The van der Waals surface area contributed by atoms with Gasteiger partial charge in [0.1, 0.15) is 0 Å². The maximum atomic E-state index is 5.18. The molecule has 0 bridgehead atoms. The van der Waals surface area contributed by atoms with Crippen LogP contribution in [0.25, 0.3) is 0 Å². The van der Waals surface area contributed by atoms with E-state index in [9.17, 15) is 0 Å². The molecule has 4 heteroatoms. The van der Waals surface area contributed by atoms with Crippen LogP contribution in [0.4, 0.5) is 0 Å². The van der Waals surface area contributed by atoms with Crippen LogP contribution in [0.2, 0.25) is 0 Å². The highest BCUT2D eigenvalue weighted by Gasteiger charge is 1.87. The summed E-state index contributed by atoms with van der Waals surface area (Å²) >= 11 is 0. The Balaban J connectivity index is 2.68. The van der Waals surface area contributed by atoms with Crippen LogP contribution in [0, 0.1) is 0 Å². The molecule has 0 radical (unpaired) electrons. The number of hydrogen-bond donors (Lipinski definition) is 0. The molecule has 0 rings (SSSR count). The summed E-state index contributed by atoms with van der Waals surface area (Å²) in [6.07, 6.45) is 1.11. The molecule has 7 heavy (non-hydrogen) atoms. The third-order valence-corrected chi connectivity index (χ3v) is 1.82. The van der Waals surface area contributed by atoms with Crippen LogP contribution < -0.4 is 0 Å². The Morgan fingerprint density at radius 1 is 1.57 bits per heavy atom. The molecule has 1 nitrogen and oxygen atoms in total. The molecule has 0 saturated heterocycles. The van der Waals surface area contributed by atoms with Crippen molar-refractivity contribution in [1.29, 1.82) is 0 Å². The Bertz CT molecular complexity index is 39.2. The average Bonchev–Trinajstić information content (AvgIpc) is 1.61. The minimum Gasteiger partial charge on any atom is -0.351 e. The molecule has 0 spiro atoms. The van der Waals surface area contributed by atoms with Crippen molar-refractivity contribution in [3.05, 3.63) is 0 Å². The van der Waals surface area contributed by atoms with Crippen molar-refractivity contribution in [3.8, 4) is 0 Å². The van der Waals surface area contributed by atoms with E-state index >= 15 is 0 Å². The molecular formula is C3H11OP3. The Hall–Kier alpha value is 1.25. The lowest BCUT2D eigenvalue weighted by molar-refractivity contribution is 0.366. The lowest BCUT2D eigenvalue weighted by atomic mass is 10.5. The quantitative estimate of drug-likeness (QED) is 0.570. The Morgan fingerprint density at radius 2 is 2.14 bits per heavy atom. The van der Waals surface area contributed by atoms with E-state index in [0.29, 0.717) is 0 Å². The van der Waals surface area contributed by atoms with Crippen molar-refractivity contribution < 1.29 is 4.52 Å². The lowest BCUT2D eigenvalue weighted by Gasteiger charge is -2.02. The van der Waals surface area contributed by atoms with Gasteiger partial charge in [-0.2, -0.15) is 0 Å². The molecule has 0 amide bonds. The Kier molecular flexibility index (Phi) is 6.35. The molecule has 0 heterocycles. The molecular weight excluding hydrogens is 145 g/mol. The fraction of sp³-hybridized carbons (Fsp3) is 1.00. The van der Waals surface area contributed by atoms with Gasteiger partial charge in [-0.15, -0.1) is 0 Å². The standard InChI is InChI=1S/C3H11OP3/c1-2-3-4-7(5)6/h2-3,5-6H2,1H3. The first-order valence-corrected chi connectivity index (χ1v) is 6.69. The topological polar surface area (TPSA) is 9.23 Å². The molecule has 0 aliphatic rings. The van der Waals surface area contributed by atoms with Crippen molar-refractivity contribution in [2.75, 3.05) is 6.61 Å². The van der Waals surface area contributed by atoms with Crippen molar-refractivity contribution in [3.63, 3.8) is 0 Å². The zero-order chi connectivity index (χ0) is 5.70. The molecule has 0 saturated carbocycles. The second-order valence-electron chi connectivity index (χ2n) is 1.19. The van der Waals surface area contributed by atoms with Gasteiger partial charge in [0.2, 0.25) is 0 Å². The first kappa shape index (κ1) is 8.25. The van der Waals surface area contributed by atoms with E-state index in [4.69, 9.17) is 4.52 Å². The zero-order valence-corrected chi connectivity index (χ0v) is 7.63. The first-order chi connectivity index (χ1) is 3.27. The van der Waals surface area contributed by atoms with Gasteiger partial charge < -0.3 is 4.52 Å². The van der Waals surface area contributed by atoms with Crippen LogP contribution in [0.15, 0.2) is 0 Å². The zero-order valence-electron chi connectivity index (χ0n) is 4.42. The van der Waals surface area contributed by atoms with E-state index in [1.165, 1.54) is 0 Å². The summed E-state index contributed by atoms with van der Waals surface area (Å²) < 4.78 is 5.18. The second-order valence-corrected chi connectivity index (χ2v) is 7.01. The summed E-state index contributed by atoms with van der Waals surface area (Å²) in [6.45, 7) is 2.99. The fourth-order valence-electron chi connectivity index (χ4n) is 0.197. The third kappa shape index (κ3) is 7.25. The largest absolute Gasteiger partial charge is 0.351 e. The Morgan fingerprint density at radius 3 is 2.29 bits per heavy atom. The molecule has 2 atom stereocenters. The van der Waals surface area contributed by atoms with Gasteiger partial charge in [-0.05, 0) is 6.42 Å². The van der Waals surface area contributed by atoms with Gasteiger partial charge in [-0.1, -0.05) is 24.8 Å². The first-order valence-electron chi connectivity index (χ1n) is 2.19. The van der Waals surface area contributed by atoms with Crippen LogP contribution in [0.5, 0.6) is 0 Å². The normalized spacial score (nSPS) is 10.3. The van der Waals surface area contributed by atoms with Crippen LogP contribution in [-0.2, 0) is 4.52 Å². The maximum Gasteiger partial charge on any atom is 0.0639 e. The highest BCUT2D eigenvalue weighted by atomic mass is 32.4. The van der Waals surface area contributed by atoms with E-state index in [1.54, 1.807) is 0 Å². The van der Waals surface area contributed by atoms with E-state index in [-0.39, 0.29) is 7.53 Å². The molecule has 0 aromatic heterocycles. The minimum atomic E-state index is -0.273. The number of hydrogen-bond acceptors (Lipinski definition) is 1. The molecule has 0 aliphatic heterocycles. The number of rotatable bonds is 3. The minimum absolute atomic E-state index is 0.273. The van der Waals surface area contributed by atoms with Crippen molar-refractivity contribution >= 4 is 25.4 Å². The maximum absolute atomic E-state index is 5.18. The summed E-state index contributed by atoms with van der Waals surface area (Å²) in [6, 6.07) is 0. The molecule has 2 unspecified atom stereocenters. The van der Waals surface area contributed by atoms with Crippen molar-refractivity contribution in [1.82, 2.24) is 0 Å². The molecule has 0 aromatic carbocycles. The highest BCUT2D eigenvalue weighted by molar-refractivity contribution is 8.41. The molecule has 0 aromatic rings. The smallest absolute Gasteiger partial charge is 0.0639 e. The van der Waals surface area contributed by atoms with E-state index in [2.05, 4.69) is 24.8 Å². The summed E-state index contributed by atoms with van der Waals surface area (Å²) in [7, 11) is 4.95. The summed E-state index contributed by atoms with van der Waals surface area (Å²) in [5.41, 5.74) is 0. The van der Waals surface area contributed by atoms with Gasteiger partial charge in [0.25, 0.3) is 0 Å². The highest BCUT2D eigenvalue weighted by Crippen LogP contribution is 2.53. The van der Waals surface area contributed by atoms with Crippen molar-refractivity contribution in [2.24, 2.45) is 0 Å². The fourth-order valence-corrected chi connectivity index (χ4v) is 1.22. The summed E-state index contributed by atoms with van der Waals surface area (Å²) in [4.78, 5) is 0. The summed E-state index contributed by atoms with van der Waals surface area (Å²) in [5.74, 6) is 0. The predicted octanol–water partition coefficient (Wildman–Crippen LogP) is 2.39. The Labute approximate surface area is 50.6 Å². The van der Waals surface area contributed by atoms with Crippen LogP contribution in [0.1, 0.15) is 13.3 Å². The third-order valence-electron chi connectivity index (χ3n) is 0.444. The molecule has 0 fully saturated rings. The monoisotopic (exact) mass is 156 g/mol. The van der Waals surface area contributed by atoms with Crippen molar-refractivity contribution in [2.45, 2.75) is 13.3 Å². The van der Waals surface area contributed by atoms with Gasteiger partial charge in [0.05, 0.1) is 14.1 Å². The average molecular weight is 156 g/mol. The predicted molar refractivity (Wildman–Crippen MR) is 42.6 cm³/mol. The lowest BCUT2D eigenvalue weighted by Crippen LogP contribution is -1.77. The second kappa shape index (κ2) is 5.39. The van der Waals surface area contributed by atoms with Gasteiger partial charge >= 0.3 is 0 Å².